The van der Waals surface area contributed by atoms with Gasteiger partial charge in [0, 0.05) is 25.2 Å². The largest absolute Gasteiger partial charge is 0.390 e. The number of hydrogen-bond donors (Lipinski definition) is 2. The van der Waals surface area contributed by atoms with Crippen LogP contribution in [-0.4, -0.2) is 47.8 Å². The summed E-state index contributed by atoms with van der Waals surface area (Å²) in [6.45, 7) is 9.02. The van der Waals surface area contributed by atoms with E-state index >= 15 is 0 Å². The van der Waals surface area contributed by atoms with Gasteiger partial charge in [0.05, 0.1) is 6.10 Å². The van der Waals surface area contributed by atoms with Gasteiger partial charge in [-0.2, -0.15) is 0 Å². The molecule has 1 rings (SSSR count). The second-order valence-electron chi connectivity index (χ2n) is 4.52. The summed E-state index contributed by atoms with van der Waals surface area (Å²) in [7, 11) is 0. The van der Waals surface area contributed by atoms with E-state index in [4.69, 9.17) is 0 Å². The molecule has 0 spiro atoms. The molecule has 0 amide bonds. The van der Waals surface area contributed by atoms with Gasteiger partial charge in [-0.05, 0) is 33.2 Å². The lowest BCUT2D eigenvalue weighted by Gasteiger charge is -2.27. The summed E-state index contributed by atoms with van der Waals surface area (Å²) in [5.41, 5.74) is 0. The first-order chi connectivity index (χ1) is 6.63. The van der Waals surface area contributed by atoms with Crippen LogP contribution in [-0.2, 0) is 0 Å². The highest BCUT2D eigenvalue weighted by molar-refractivity contribution is 4.82. The van der Waals surface area contributed by atoms with Gasteiger partial charge in [-0.25, -0.2) is 0 Å². The SMILES string of the molecule is CCN(CC(O)CNC1CC1)C(C)C. The van der Waals surface area contributed by atoms with E-state index < -0.39 is 0 Å². The fraction of sp³-hybridized carbons (Fsp3) is 1.00. The first-order valence-corrected chi connectivity index (χ1v) is 5.79. The molecule has 1 aliphatic carbocycles. The maximum atomic E-state index is 9.77. The Balaban J connectivity index is 2.12. The van der Waals surface area contributed by atoms with Crippen LogP contribution in [0.5, 0.6) is 0 Å². The van der Waals surface area contributed by atoms with Crippen LogP contribution < -0.4 is 5.32 Å². The molecule has 3 heteroatoms. The minimum Gasteiger partial charge on any atom is -0.390 e. The molecule has 14 heavy (non-hydrogen) atoms. The molecule has 1 atom stereocenters. The Morgan fingerprint density at radius 1 is 1.43 bits per heavy atom. The first kappa shape index (κ1) is 12.0. The molecule has 3 nitrogen and oxygen atoms in total. The van der Waals surface area contributed by atoms with Crippen LogP contribution in [0.25, 0.3) is 0 Å². The van der Waals surface area contributed by atoms with E-state index in [2.05, 4.69) is 31.0 Å². The molecule has 0 aromatic carbocycles. The molecule has 0 radical (unpaired) electrons. The molecular weight excluding hydrogens is 176 g/mol. The van der Waals surface area contributed by atoms with Crippen LogP contribution in [0.3, 0.4) is 0 Å². The van der Waals surface area contributed by atoms with Crippen LogP contribution in [0.4, 0.5) is 0 Å². The number of aliphatic hydroxyl groups excluding tert-OH is 1. The number of rotatable bonds is 7. The summed E-state index contributed by atoms with van der Waals surface area (Å²) in [6.07, 6.45) is 2.35. The topological polar surface area (TPSA) is 35.5 Å². The molecule has 0 bridgehead atoms. The molecule has 84 valence electrons. The third-order valence-corrected chi connectivity index (χ3v) is 2.80. The van der Waals surface area contributed by atoms with Gasteiger partial charge in [-0.3, -0.25) is 4.90 Å². The third-order valence-electron chi connectivity index (χ3n) is 2.80. The van der Waals surface area contributed by atoms with Crippen molar-refractivity contribution in [3.63, 3.8) is 0 Å². The third kappa shape index (κ3) is 4.40. The molecule has 0 heterocycles. The Labute approximate surface area is 87.5 Å². The molecule has 0 saturated heterocycles. The summed E-state index contributed by atoms with van der Waals surface area (Å²) in [5, 5.41) is 13.1. The quantitative estimate of drug-likeness (QED) is 0.639. The van der Waals surface area contributed by atoms with Crippen LogP contribution in [0.15, 0.2) is 0 Å². The zero-order valence-corrected chi connectivity index (χ0v) is 9.66. The summed E-state index contributed by atoms with van der Waals surface area (Å²) < 4.78 is 0. The average Bonchev–Trinajstić information content (AvgIpc) is 2.93. The van der Waals surface area contributed by atoms with Gasteiger partial charge in [0.15, 0.2) is 0 Å². The number of hydrogen-bond acceptors (Lipinski definition) is 3. The Morgan fingerprint density at radius 2 is 2.07 bits per heavy atom. The van der Waals surface area contributed by atoms with Crippen molar-refractivity contribution in [3.05, 3.63) is 0 Å². The van der Waals surface area contributed by atoms with E-state index in [9.17, 15) is 5.11 Å². The Morgan fingerprint density at radius 3 is 2.50 bits per heavy atom. The van der Waals surface area contributed by atoms with Crippen molar-refractivity contribution in [1.29, 1.82) is 0 Å². The predicted octanol–water partition coefficient (Wildman–Crippen LogP) is 0.830. The van der Waals surface area contributed by atoms with Crippen molar-refractivity contribution in [3.8, 4) is 0 Å². The van der Waals surface area contributed by atoms with Crippen molar-refractivity contribution >= 4 is 0 Å². The van der Waals surface area contributed by atoms with Crippen LogP contribution in [0, 0.1) is 0 Å². The summed E-state index contributed by atoms with van der Waals surface area (Å²) in [5.74, 6) is 0. The van der Waals surface area contributed by atoms with Gasteiger partial charge in [0.2, 0.25) is 0 Å². The van der Waals surface area contributed by atoms with Crippen LogP contribution in [0.2, 0.25) is 0 Å². The minimum absolute atomic E-state index is 0.224. The number of nitrogens with zero attached hydrogens (tertiary/aromatic N) is 1. The van der Waals surface area contributed by atoms with Gasteiger partial charge in [-0.1, -0.05) is 6.92 Å². The van der Waals surface area contributed by atoms with Crippen molar-refractivity contribution in [2.75, 3.05) is 19.6 Å². The Hall–Kier alpha value is -0.120. The van der Waals surface area contributed by atoms with Crippen LogP contribution in [0.1, 0.15) is 33.6 Å². The smallest absolute Gasteiger partial charge is 0.0791 e. The lowest BCUT2D eigenvalue weighted by molar-refractivity contribution is 0.0977. The molecule has 0 aromatic heterocycles. The van der Waals surface area contributed by atoms with Crippen molar-refractivity contribution in [2.24, 2.45) is 0 Å². The van der Waals surface area contributed by atoms with E-state index in [1.165, 1.54) is 12.8 Å². The van der Waals surface area contributed by atoms with Crippen molar-refractivity contribution in [1.82, 2.24) is 10.2 Å². The average molecular weight is 200 g/mol. The highest BCUT2D eigenvalue weighted by Crippen LogP contribution is 2.18. The van der Waals surface area contributed by atoms with E-state index in [0.717, 1.165) is 19.6 Å². The van der Waals surface area contributed by atoms with Gasteiger partial charge in [-0.15, -0.1) is 0 Å². The monoisotopic (exact) mass is 200 g/mol. The van der Waals surface area contributed by atoms with E-state index in [-0.39, 0.29) is 6.10 Å². The number of aliphatic hydroxyl groups is 1. The minimum atomic E-state index is -0.224. The Bertz CT molecular complexity index is 157. The summed E-state index contributed by atoms with van der Waals surface area (Å²) >= 11 is 0. The maximum Gasteiger partial charge on any atom is 0.0791 e. The van der Waals surface area contributed by atoms with Gasteiger partial charge >= 0.3 is 0 Å². The second kappa shape index (κ2) is 5.69. The van der Waals surface area contributed by atoms with Crippen molar-refractivity contribution < 1.29 is 5.11 Å². The van der Waals surface area contributed by atoms with E-state index in [1.807, 2.05) is 0 Å². The molecule has 1 fully saturated rings. The molecular formula is C11H24N2O. The first-order valence-electron chi connectivity index (χ1n) is 5.79. The summed E-state index contributed by atoms with van der Waals surface area (Å²) in [4.78, 5) is 2.29. The van der Waals surface area contributed by atoms with E-state index in [0.29, 0.717) is 12.1 Å². The molecule has 0 aliphatic heterocycles. The maximum absolute atomic E-state index is 9.77. The lowest BCUT2D eigenvalue weighted by atomic mass is 10.2. The van der Waals surface area contributed by atoms with E-state index in [1.54, 1.807) is 0 Å². The molecule has 1 aliphatic rings. The number of nitrogens with one attached hydrogen (secondary N) is 1. The number of likely N-dealkylation sites (N-methyl/N-ethyl adjacent to an activating group) is 1. The van der Waals surface area contributed by atoms with Gasteiger partial charge in [0.1, 0.15) is 0 Å². The Kier molecular flexibility index (Phi) is 4.85. The molecule has 0 aromatic rings. The highest BCUT2D eigenvalue weighted by Gasteiger charge is 2.22. The van der Waals surface area contributed by atoms with Crippen LogP contribution >= 0.6 is 0 Å². The molecule has 2 N–H and O–H groups in total. The van der Waals surface area contributed by atoms with Gasteiger partial charge in [0.25, 0.3) is 0 Å². The fourth-order valence-electron chi connectivity index (χ4n) is 1.63. The molecule has 1 saturated carbocycles. The standard InChI is InChI=1S/C11H24N2O/c1-4-13(9(2)3)8-11(14)7-12-10-5-6-10/h9-12,14H,4-8H2,1-3H3. The fourth-order valence-corrected chi connectivity index (χ4v) is 1.63. The second-order valence-corrected chi connectivity index (χ2v) is 4.52. The summed E-state index contributed by atoms with van der Waals surface area (Å²) in [6, 6.07) is 1.22. The molecule has 1 unspecified atom stereocenters. The highest BCUT2D eigenvalue weighted by atomic mass is 16.3. The van der Waals surface area contributed by atoms with Gasteiger partial charge < -0.3 is 10.4 Å². The predicted molar refractivity (Wildman–Crippen MR) is 59.4 cm³/mol. The normalized spacial score (nSPS) is 19.3. The zero-order chi connectivity index (χ0) is 10.6. The zero-order valence-electron chi connectivity index (χ0n) is 9.66. The van der Waals surface area contributed by atoms with Crippen molar-refractivity contribution in [2.45, 2.75) is 51.8 Å². The lowest BCUT2D eigenvalue weighted by Crippen LogP contribution is -2.41.